The van der Waals surface area contributed by atoms with E-state index in [1.807, 2.05) is 12.1 Å². The molecule has 2 aromatic rings. The van der Waals surface area contributed by atoms with Gasteiger partial charge < -0.3 is 19.9 Å². The molecule has 0 spiro atoms. The number of hydrogen-bond acceptors (Lipinski definition) is 6. The van der Waals surface area contributed by atoms with E-state index in [-0.39, 0.29) is 11.4 Å². The number of rotatable bonds is 2. The van der Waals surface area contributed by atoms with Crippen LogP contribution in [0.2, 0.25) is 0 Å². The Bertz CT molecular complexity index is 913. The Labute approximate surface area is 170 Å². The molecule has 0 saturated heterocycles. The number of nitrogens with one attached hydrogen (secondary N) is 2. The first kappa shape index (κ1) is 22.1. The number of fused-ring (bicyclic) bond motifs is 1. The van der Waals surface area contributed by atoms with Gasteiger partial charge >= 0.3 is 12.2 Å². The lowest BCUT2D eigenvalue weighted by Gasteiger charge is -2.30. The highest BCUT2D eigenvalue weighted by Gasteiger charge is 2.30. The first-order valence-corrected chi connectivity index (χ1v) is 9.27. The molecule has 158 valence electrons. The van der Waals surface area contributed by atoms with Gasteiger partial charge in [0.2, 0.25) is 0 Å². The lowest BCUT2D eigenvalue weighted by molar-refractivity contribution is 0.0425. The van der Waals surface area contributed by atoms with E-state index in [4.69, 9.17) is 9.47 Å². The van der Waals surface area contributed by atoms with E-state index in [9.17, 15) is 14.7 Å². The summed E-state index contributed by atoms with van der Waals surface area (Å²) in [5.41, 5.74) is 1.54. The van der Waals surface area contributed by atoms with Crippen molar-refractivity contribution in [1.82, 2.24) is 5.43 Å². The molecule has 0 saturated carbocycles. The van der Waals surface area contributed by atoms with Gasteiger partial charge in [-0.1, -0.05) is 18.2 Å². The van der Waals surface area contributed by atoms with Crippen LogP contribution in [0.1, 0.15) is 41.5 Å². The van der Waals surface area contributed by atoms with Gasteiger partial charge in [-0.2, -0.15) is 5.01 Å². The summed E-state index contributed by atoms with van der Waals surface area (Å²) in [7, 11) is 1.72. The second-order valence-corrected chi connectivity index (χ2v) is 8.52. The van der Waals surface area contributed by atoms with Crippen molar-refractivity contribution in [2.45, 2.75) is 52.7 Å². The molecule has 0 aliphatic rings. The summed E-state index contributed by atoms with van der Waals surface area (Å²) in [6.45, 7) is 10.2. The Morgan fingerprint density at radius 1 is 0.966 bits per heavy atom. The molecule has 0 aliphatic heterocycles. The number of aromatic hydroxyl groups is 1. The van der Waals surface area contributed by atoms with Gasteiger partial charge in [0.15, 0.2) is 0 Å². The monoisotopic (exact) mass is 403 g/mol. The highest BCUT2D eigenvalue weighted by molar-refractivity contribution is 6.10. The zero-order chi connectivity index (χ0) is 22.0. The number of phenols is 1. The molecule has 8 heteroatoms. The minimum Gasteiger partial charge on any atom is -0.506 e. The predicted octanol–water partition coefficient (Wildman–Crippen LogP) is 4.77. The molecular weight excluding hydrogens is 374 g/mol. The molecule has 0 atom stereocenters. The van der Waals surface area contributed by atoms with Crippen LogP contribution in [-0.4, -0.2) is 35.5 Å². The highest BCUT2D eigenvalue weighted by atomic mass is 16.6. The van der Waals surface area contributed by atoms with Crippen molar-refractivity contribution in [2.24, 2.45) is 0 Å². The Hall–Kier alpha value is -3.16. The zero-order valence-corrected chi connectivity index (χ0v) is 17.9. The number of anilines is 2. The van der Waals surface area contributed by atoms with Gasteiger partial charge in [0.1, 0.15) is 22.6 Å². The third-order valence-electron chi connectivity index (χ3n) is 3.67. The van der Waals surface area contributed by atoms with Crippen LogP contribution in [-0.2, 0) is 9.47 Å². The summed E-state index contributed by atoms with van der Waals surface area (Å²) in [4.78, 5) is 25.4. The number of carbonyl (C=O) groups is 2. The molecular formula is C21H29N3O5. The summed E-state index contributed by atoms with van der Waals surface area (Å²) >= 11 is 0. The molecule has 3 N–H and O–H groups in total. The number of ether oxygens (including phenoxy) is 2. The molecule has 0 radical (unpaired) electrons. The number of carbonyl (C=O) groups excluding carboxylic acids is 2. The van der Waals surface area contributed by atoms with Crippen LogP contribution in [0, 0.1) is 0 Å². The third-order valence-corrected chi connectivity index (χ3v) is 3.67. The maximum Gasteiger partial charge on any atom is 0.434 e. The Morgan fingerprint density at radius 2 is 1.59 bits per heavy atom. The van der Waals surface area contributed by atoms with Gasteiger partial charge in [-0.3, -0.25) is 0 Å². The van der Waals surface area contributed by atoms with Crippen LogP contribution in [0.15, 0.2) is 30.3 Å². The fourth-order valence-corrected chi connectivity index (χ4v) is 2.68. The topological polar surface area (TPSA) is 100 Å². The predicted molar refractivity (Wildman–Crippen MR) is 113 cm³/mol. The SMILES string of the molecule is CNc1cccc2ccc(O)c(N(NC(=O)OC(C)(C)C)C(=O)OC(C)(C)C)c12. The lowest BCUT2D eigenvalue weighted by Crippen LogP contribution is -2.50. The number of amides is 2. The number of hydrogen-bond donors (Lipinski definition) is 3. The van der Waals surface area contributed by atoms with Crippen molar-refractivity contribution >= 4 is 34.3 Å². The molecule has 0 fully saturated rings. The minimum atomic E-state index is -0.864. The van der Waals surface area contributed by atoms with E-state index in [0.29, 0.717) is 11.1 Å². The Balaban J connectivity index is 2.63. The normalized spacial score (nSPS) is 11.7. The van der Waals surface area contributed by atoms with Crippen molar-refractivity contribution in [3.63, 3.8) is 0 Å². The van der Waals surface area contributed by atoms with E-state index in [1.165, 1.54) is 6.07 Å². The number of phenolic OH excluding ortho intramolecular Hbond substituents is 1. The molecule has 0 aromatic heterocycles. The van der Waals surface area contributed by atoms with Gasteiger partial charge in [0.25, 0.3) is 0 Å². The smallest absolute Gasteiger partial charge is 0.434 e. The van der Waals surface area contributed by atoms with Crippen molar-refractivity contribution in [2.75, 3.05) is 17.4 Å². The van der Waals surface area contributed by atoms with Gasteiger partial charge in [0, 0.05) is 18.1 Å². The average molecular weight is 403 g/mol. The summed E-state index contributed by atoms with van der Waals surface area (Å²) < 4.78 is 10.7. The van der Waals surface area contributed by atoms with Crippen LogP contribution in [0.4, 0.5) is 21.0 Å². The minimum absolute atomic E-state index is 0.0764. The molecule has 8 nitrogen and oxygen atoms in total. The van der Waals surface area contributed by atoms with Crippen LogP contribution in [0.5, 0.6) is 5.75 Å². The van der Waals surface area contributed by atoms with Crippen molar-refractivity contribution in [3.05, 3.63) is 30.3 Å². The number of nitrogens with zero attached hydrogens (tertiary/aromatic N) is 1. The third kappa shape index (κ3) is 5.66. The van der Waals surface area contributed by atoms with Crippen molar-refractivity contribution in [1.29, 1.82) is 0 Å². The van der Waals surface area contributed by atoms with E-state index >= 15 is 0 Å². The van der Waals surface area contributed by atoms with E-state index < -0.39 is 23.4 Å². The molecule has 2 rings (SSSR count). The van der Waals surface area contributed by atoms with Gasteiger partial charge in [-0.25, -0.2) is 15.0 Å². The summed E-state index contributed by atoms with van der Waals surface area (Å²) in [6.07, 6.45) is -1.72. The maximum atomic E-state index is 13.0. The second kappa shape index (κ2) is 8.06. The van der Waals surface area contributed by atoms with Crippen LogP contribution >= 0.6 is 0 Å². The van der Waals surface area contributed by atoms with Crippen LogP contribution in [0.25, 0.3) is 10.8 Å². The van der Waals surface area contributed by atoms with Crippen molar-refractivity contribution in [3.8, 4) is 5.75 Å². The number of hydrazine groups is 1. The van der Waals surface area contributed by atoms with E-state index in [2.05, 4.69) is 10.7 Å². The Kier molecular flexibility index (Phi) is 6.15. The first-order chi connectivity index (χ1) is 13.3. The van der Waals surface area contributed by atoms with Crippen LogP contribution in [0.3, 0.4) is 0 Å². The second-order valence-electron chi connectivity index (χ2n) is 8.52. The van der Waals surface area contributed by atoms with E-state index in [1.54, 1.807) is 60.7 Å². The first-order valence-electron chi connectivity index (χ1n) is 9.27. The maximum absolute atomic E-state index is 13.0. The van der Waals surface area contributed by atoms with Crippen molar-refractivity contribution < 1.29 is 24.2 Å². The average Bonchev–Trinajstić information content (AvgIpc) is 2.56. The fourth-order valence-electron chi connectivity index (χ4n) is 2.68. The van der Waals surface area contributed by atoms with Gasteiger partial charge in [-0.15, -0.1) is 0 Å². The largest absolute Gasteiger partial charge is 0.506 e. The molecule has 0 unspecified atom stereocenters. The van der Waals surface area contributed by atoms with Gasteiger partial charge in [0.05, 0.1) is 0 Å². The standard InChI is InChI=1S/C21H29N3O5/c1-20(2,3)28-18(26)23-24(19(27)29-21(4,5)6)17-15(25)12-11-13-9-8-10-14(22-7)16(13)17/h8-12,22,25H,1-7H3,(H,23,26). The molecule has 29 heavy (non-hydrogen) atoms. The summed E-state index contributed by atoms with van der Waals surface area (Å²) in [5.74, 6) is -0.206. The lowest BCUT2D eigenvalue weighted by atomic mass is 10.1. The Morgan fingerprint density at radius 3 is 2.14 bits per heavy atom. The summed E-state index contributed by atoms with van der Waals surface area (Å²) in [5, 5.41) is 15.8. The van der Waals surface area contributed by atoms with Crippen LogP contribution < -0.4 is 15.8 Å². The fraction of sp³-hybridized carbons (Fsp3) is 0.429. The molecule has 2 aromatic carbocycles. The quantitative estimate of drug-likeness (QED) is 0.625. The molecule has 0 bridgehead atoms. The number of benzene rings is 2. The molecule has 2 amide bonds. The summed E-state index contributed by atoms with van der Waals surface area (Å²) in [6, 6.07) is 8.64. The molecule has 0 heterocycles. The highest BCUT2D eigenvalue weighted by Crippen LogP contribution is 2.39. The molecule has 0 aliphatic carbocycles. The zero-order valence-electron chi connectivity index (χ0n) is 17.9. The van der Waals surface area contributed by atoms with Gasteiger partial charge in [-0.05, 0) is 59.1 Å². The van der Waals surface area contributed by atoms with E-state index in [0.717, 1.165) is 10.4 Å².